The Kier molecular flexibility index (Phi) is 7.42. The normalized spacial score (nSPS) is 12.1. The van der Waals surface area contributed by atoms with Crippen molar-refractivity contribution in [1.29, 1.82) is 0 Å². The lowest BCUT2D eigenvalue weighted by molar-refractivity contribution is -0.130. The summed E-state index contributed by atoms with van der Waals surface area (Å²) in [7, 11) is 0. The Morgan fingerprint density at radius 3 is 2.08 bits per heavy atom. The average Bonchev–Trinajstić information content (AvgIpc) is 2.49. The first-order chi connectivity index (χ1) is 11.2. The molecule has 0 aliphatic heterocycles. The fraction of sp³-hybridized carbons (Fsp3) is 0.500. The van der Waals surface area contributed by atoms with Gasteiger partial charge in [-0.1, -0.05) is 39.8 Å². The van der Waals surface area contributed by atoms with Crippen molar-refractivity contribution in [3.63, 3.8) is 0 Å². The minimum absolute atomic E-state index is 0.0319. The number of hydrogen-bond donors (Lipinski definition) is 3. The molecule has 6 heteroatoms. The summed E-state index contributed by atoms with van der Waals surface area (Å²) in [5.74, 6) is -1.17. The largest absolute Gasteiger partial charge is 0.478 e. The van der Waals surface area contributed by atoms with Crippen LogP contribution in [-0.2, 0) is 16.1 Å². The van der Waals surface area contributed by atoms with Crippen LogP contribution in [0.1, 0.15) is 50.0 Å². The molecule has 0 heterocycles. The lowest BCUT2D eigenvalue weighted by atomic mass is 10.0. The van der Waals surface area contributed by atoms with Gasteiger partial charge in [0.05, 0.1) is 5.56 Å². The van der Waals surface area contributed by atoms with Crippen molar-refractivity contribution in [3.8, 4) is 0 Å². The number of aromatic carboxylic acids is 1. The Labute approximate surface area is 142 Å². The van der Waals surface area contributed by atoms with Crippen LogP contribution < -0.4 is 10.6 Å². The predicted molar refractivity (Wildman–Crippen MR) is 91.5 cm³/mol. The summed E-state index contributed by atoms with van der Waals surface area (Å²) in [5, 5.41) is 14.4. The third-order valence-corrected chi connectivity index (χ3v) is 3.53. The van der Waals surface area contributed by atoms with E-state index in [4.69, 9.17) is 5.11 Å². The van der Waals surface area contributed by atoms with Gasteiger partial charge in [-0.05, 0) is 29.5 Å². The van der Waals surface area contributed by atoms with E-state index in [0.29, 0.717) is 6.42 Å². The van der Waals surface area contributed by atoms with Crippen LogP contribution in [0.5, 0.6) is 0 Å². The highest BCUT2D eigenvalue weighted by Crippen LogP contribution is 2.07. The summed E-state index contributed by atoms with van der Waals surface area (Å²) >= 11 is 0. The Morgan fingerprint density at radius 1 is 1.04 bits per heavy atom. The van der Waals surface area contributed by atoms with Crippen molar-refractivity contribution >= 4 is 17.8 Å². The van der Waals surface area contributed by atoms with Crippen LogP contribution in [-0.4, -0.2) is 28.9 Å². The Morgan fingerprint density at radius 2 is 1.62 bits per heavy atom. The maximum Gasteiger partial charge on any atom is 0.335 e. The van der Waals surface area contributed by atoms with E-state index in [1.54, 1.807) is 12.1 Å². The number of carboxylic acids is 1. The second-order valence-electron chi connectivity index (χ2n) is 6.61. The summed E-state index contributed by atoms with van der Waals surface area (Å²) in [6.45, 7) is 7.93. The molecule has 1 atom stereocenters. The summed E-state index contributed by atoms with van der Waals surface area (Å²) in [5.41, 5.74) is 0.996. The minimum Gasteiger partial charge on any atom is -0.478 e. The summed E-state index contributed by atoms with van der Waals surface area (Å²) in [6, 6.07) is 5.72. The quantitative estimate of drug-likeness (QED) is 0.679. The van der Waals surface area contributed by atoms with E-state index in [0.717, 1.165) is 5.56 Å². The van der Waals surface area contributed by atoms with Crippen molar-refractivity contribution < 1.29 is 19.5 Å². The molecule has 0 spiro atoms. The van der Waals surface area contributed by atoms with Crippen LogP contribution in [0.2, 0.25) is 0 Å². The Balaban J connectivity index is 2.62. The molecule has 24 heavy (non-hydrogen) atoms. The number of hydrogen-bond acceptors (Lipinski definition) is 3. The second kappa shape index (κ2) is 9.05. The van der Waals surface area contributed by atoms with Crippen LogP contribution >= 0.6 is 0 Å². The topological polar surface area (TPSA) is 95.5 Å². The first kappa shape index (κ1) is 19.7. The maximum absolute atomic E-state index is 12.3. The van der Waals surface area contributed by atoms with Gasteiger partial charge in [0.25, 0.3) is 0 Å². The molecule has 1 aromatic carbocycles. The number of nitrogens with one attached hydrogen (secondary N) is 2. The van der Waals surface area contributed by atoms with Crippen molar-refractivity contribution in [3.05, 3.63) is 35.4 Å². The van der Waals surface area contributed by atoms with Crippen LogP contribution in [0.3, 0.4) is 0 Å². The van der Waals surface area contributed by atoms with Crippen molar-refractivity contribution in [1.82, 2.24) is 10.6 Å². The van der Waals surface area contributed by atoms with Gasteiger partial charge in [-0.3, -0.25) is 9.59 Å². The lowest BCUT2D eigenvalue weighted by Crippen LogP contribution is -2.49. The number of amides is 2. The van der Waals surface area contributed by atoms with Gasteiger partial charge in [0.1, 0.15) is 6.04 Å². The van der Waals surface area contributed by atoms with Gasteiger partial charge in [-0.15, -0.1) is 0 Å². The molecule has 2 amide bonds. The molecule has 0 aliphatic carbocycles. The van der Waals surface area contributed by atoms with Crippen molar-refractivity contribution in [2.45, 2.75) is 46.7 Å². The molecule has 0 aromatic heterocycles. The zero-order valence-electron chi connectivity index (χ0n) is 14.6. The molecule has 3 N–H and O–H groups in total. The summed E-state index contributed by atoms with van der Waals surface area (Å²) < 4.78 is 0. The fourth-order valence-electron chi connectivity index (χ4n) is 2.20. The molecular weight excluding hydrogens is 308 g/mol. The number of carboxylic acid groups (broad SMARTS) is 1. The van der Waals surface area contributed by atoms with Gasteiger partial charge in [0.15, 0.2) is 0 Å². The van der Waals surface area contributed by atoms with E-state index in [1.165, 1.54) is 12.1 Å². The van der Waals surface area contributed by atoms with Gasteiger partial charge in [-0.2, -0.15) is 0 Å². The third kappa shape index (κ3) is 6.40. The van der Waals surface area contributed by atoms with E-state index in [-0.39, 0.29) is 35.8 Å². The van der Waals surface area contributed by atoms with Crippen LogP contribution in [0.25, 0.3) is 0 Å². The minimum atomic E-state index is -0.988. The molecule has 0 radical (unpaired) electrons. The van der Waals surface area contributed by atoms with Gasteiger partial charge in [0, 0.05) is 13.0 Å². The number of benzene rings is 1. The zero-order valence-corrected chi connectivity index (χ0v) is 14.6. The highest BCUT2D eigenvalue weighted by molar-refractivity contribution is 5.88. The first-order valence-corrected chi connectivity index (χ1v) is 8.10. The molecule has 0 bridgehead atoms. The van der Waals surface area contributed by atoms with Gasteiger partial charge in [0.2, 0.25) is 11.8 Å². The van der Waals surface area contributed by atoms with Crippen molar-refractivity contribution in [2.75, 3.05) is 0 Å². The molecule has 0 saturated carbocycles. The van der Waals surface area contributed by atoms with Crippen molar-refractivity contribution in [2.24, 2.45) is 11.8 Å². The highest BCUT2D eigenvalue weighted by atomic mass is 16.4. The van der Waals surface area contributed by atoms with E-state index in [2.05, 4.69) is 10.6 Å². The van der Waals surface area contributed by atoms with E-state index >= 15 is 0 Å². The van der Waals surface area contributed by atoms with Gasteiger partial charge >= 0.3 is 5.97 Å². The smallest absolute Gasteiger partial charge is 0.335 e. The molecule has 1 aromatic rings. The van der Waals surface area contributed by atoms with E-state index in [9.17, 15) is 14.4 Å². The molecule has 0 aliphatic rings. The lowest BCUT2D eigenvalue weighted by Gasteiger charge is -2.22. The monoisotopic (exact) mass is 334 g/mol. The molecule has 0 fully saturated rings. The molecule has 1 rings (SSSR count). The highest BCUT2D eigenvalue weighted by Gasteiger charge is 2.24. The summed E-state index contributed by atoms with van der Waals surface area (Å²) in [6.07, 6.45) is 0.382. The third-order valence-electron chi connectivity index (χ3n) is 3.53. The van der Waals surface area contributed by atoms with E-state index < -0.39 is 12.0 Å². The first-order valence-electron chi connectivity index (χ1n) is 8.10. The maximum atomic E-state index is 12.3. The van der Waals surface area contributed by atoms with Gasteiger partial charge < -0.3 is 15.7 Å². The molecule has 0 saturated heterocycles. The summed E-state index contributed by atoms with van der Waals surface area (Å²) in [4.78, 5) is 35.0. The SMILES string of the molecule is CC(C)CC(=O)NC(C(=O)NCc1ccc(C(=O)O)cc1)C(C)C. The fourth-order valence-corrected chi connectivity index (χ4v) is 2.20. The number of rotatable bonds is 8. The second-order valence-corrected chi connectivity index (χ2v) is 6.61. The predicted octanol–water partition coefficient (Wildman–Crippen LogP) is 2.19. The number of carbonyl (C=O) groups excluding carboxylic acids is 2. The number of carbonyl (C=O) groups is 3. The Bertz CT molecular complexity index is 579. The van der Waals surface area contributed by atoms with Crippen LogP contribution in [0.15, 0.2) is 24.3 Å². The molecular formula is C18H26N2O4. The van der Waals surface area contributed by atoms with Crippen LogP contribution in [0, 0.1) is 11.8 Å². The zero-order chi connectivity index (χ0) is 18.3. The molecule has 6 nitrogen and oxygen atoms in total. The standard InChI is InChI=1S/C18H26N2O4/c1-11(2)9-15(21)20-16(12(3)4)17(22)19-10-13-5-7-14(8-6-13)18(23)24/h5-8,11-12,16H,9-10H2,1-4H3,(H,19,22)(H,20,21)(H,23,24). The van der Waals surface area contributed by atoms with Crippen LogP contribution in [0.4, 0.5) is 0 Å². The average molecular weight is 334 g/mol. The van der Waals surface area contributed by atoms with Gasteiger partial charge in [-0.25, -0.2) is 4.79 Å². The Hall–Kier alpha value is -2.37. The molecule has 132 valence electrons. The molecule has 1 unspecified atom stereocenters. The van der Waals surface area contributed by atoms with E-state index in [1.807, 2.05) is 27.7 Å².